The van der Waals surface area contributed by atoms with Crippen LogP contribution in [-0.4, -0.2) is 4.98 Å². The molecule has 0 radical (unpaired) electrons. The Morgan fingerprint density at radius 1 is 1.15 bits per heavy atom. The summed E-state index contributed by atoms with van der Waals surface area (Å²) >= 11 is 0. The Morgan fingerprint density at radius 3 is 2.08 bits per heavy atom. The Hall–Kier alpha value is -1.10. The first-order valence-corrected chi connectivity index (χ1v) is 3.42. The minimum Gasteiger partial charge on any atom is -0.344 e. The van der Waals surface area contributed by atoms with Crippen LogP contribution >= 0.6 is 0 Å². The molecule has 0 atom stereocenters. The Labute approximate surface area is 74.4 Å². The van der Waals surface area contributed by atoms with Gasteiger partial charge in [0.2, 0.25) is 0 Å². The zero-order chi connectivity index (χ0) is 9.35. The molecular formula is C8H11F3N2. The van der Waals surface area contributed by atoms with Crippen molar-refractivity contribution >= 4 is 0 Å². The fraction of sp³-hybridized carbons (Fsp3) is 0.375. The lowest BCUT2D eigenvalue weighted by Gasteiger charge is -2.06. The molecule has 0 saturated heterocycles. The highest BCUT2D eigenvalue weighted by Crippen LogP contribution is 2.27. The van der Waals surface area contributed by atoms with Crippen LogP contribution in [0.15, 0.2) is 12.1 Å². The van der Waals surface area contributed by atoms with Crippen LogP contribution in [0, 0.1) is 13.8 Å². The summed E-state index contributed by atoms with van der Waals surface area (Å²) in [6, 6.07) is 2.41. The van der Waals surface area contributed by atoms with Crippen LogP contribution in [0.2, 0.25) is 0 Å². The van der Waals surface area contributed by atoms with E-state index in [1.807, 2.05) is 0 Å². The summed E-state index contributed by atoms with van der Waals surface area (Å²) in [4.78, 5) is 3.42. The second-order valence-electron chi connectivity index (χ2n) is 2.60. The molecule has 0 spiro atoms. The topological polar surface area (TPSA) is 47.9 Å². The summed E-state index contributed by atoms with van der Waals surface area (Å²) in [5.74, 6) is 0. The van der Waals surface area contributed by atoms with Crippen LogP contribution in [0.5, 0.6) is 0 Å². The fourth-order valence-corrected chi connectivity index (χ4v) is 0.789. The van der Waals surface area contributed by atoms with Crippen molar-refractivity contribution in [2.45, 2.75) is 20.0 Å². The molecule has 3 N–H and O–H groups in total. The second-order valence-corrected chi connectivity index (χ2v) is 2.60. The summed E-state index contributed by atoms with van der Waals surface area (Å²) in [6.45, 7) is 3.28. The number of halogens is 3. The minimum absolute atomic E-state index is 0. The van der Waals surface area contributed by atoms with Crippen LogP contribution in [0.4, 0.5) is 13.2 Å². The average molecular weight is 192 g/mol. The third-order valence-corrected chi connectivity index (χ3v) is 1.64. The van der Waals surface area contributed by atoms with Crippen molar-refractivity contribution in [3.8, 4) is 0 Å². The minimum atomic E-state index is -4.33. The first-order valence-electron chi connectivity index (χ1n) is 3.42. The molecule has 1 aromatic rings. The van der Waals surface area contributed by atoms with Gasteiger partial charge in [-0.3, -0.25) is 0 Å². The number of alkyl halides is 3. The second kappa shape index (κ2) is 3.74. The van der Waals surface area contributed by atoms with Crippen LogP contribution in [0.25, 0.3) is 0 Å². The average Bonchev–Trinajstić information content (AvgIpc) is 1.92. The molecule has 0 aliphatic heterocycles. The predicted octanol–water partition coefficient (Wildman–Crippen LogP) is 2.88. The van der Waals surface area contributed by atoms with Gasteiger partial charge >= 0.3 is 6.18 Å². The number of pyridine rings is 1. The van der Waals surface area contributed by atoms with Gasteiger partial charge in [0.15, 0.2) is 0 Å². The normalized spacial score (nSPS) is 10.8. The van der Waals surface area contributed by atoms with Gasteiger partial charge in [-0.1, -0.05) is 6.07 Å². The molecule has 13 heavy (non-hydrogen) atoms. The number of aryl methyl sites for hydroxylation is 2. The summed E-state index contributed by atoms with van der Waals surface area (Å²) in [7, 11) is 0. The first kappa shape index (κ1) is 11.9. The molecule has 0 bridgehead atoms. The van der Waals surface area contributed by atoms with E-state index in [-0.39, 0.29) is 6.15 Å². The summed E-state index contributed by atoms with van der Waals surface area (Å²) in [5, 5.41) is 0. The van der Waals surface area contributed by atoms with Crippen molar-refractivity contribution in [2.24, 2.45) is 0 Å². The smallest absolute Gasteiger partial charge is 0.344 e. The molecule has 0 aromatic carbocycles. The van der Waals surface area contributed by atoms with Gasteiger partial charge in [-0.15, -0.1) is 0 Å². The molecule has 1 heterocycles. The van der Waals surface area contributed by atoms with Crippen LogP contribution in [0.1, 0.15) is 17.0 Å². The number of hydrogen-bond donors (Lipinski definition) is 1. The van der Waals surface area contributed by atoms with E-state index < -0.39 is 11.9 Å². The molecular weight excluding hydrogens is 181 g/mol. The number of aromatic nitrogens is 1. The quantitative estimate of drug-likeness (QED) is 0.687. The van der Waals surface area contributed by atoms with Crippen LogP contribution < -0.4 is 6.15 Å². The maximum absolute atomic E-state index is 12.0. The molecule has 0 aliphatic carbocycles. The van der Waals surface area contributed by atoms with Crippen molar-refractivity contribution in [3.63, 3.8) is 0 Å². The van der Waals surface area contributed by atoms with E-state index in [0.717, 1.165) is 11.6 Å². The van der Waals surface area contributed by atoms with E-state index in [0.29, 0.717) is 5.69 Å². The molecule has 0 unspecified atom stereocenters. The van der Waals surface area contributed by atoms with Crippen molar-refractivity contribution in [1.82, 2.24) is 11.1 Å². The molecule has 74 valence electrons. The zero-order valence-electron chi connectivity index (χ0n) is 7.44. The van der Waals surface area contributed by atoms with Gasteiger partial charge in [0.05, 0.1) is 0 Å². The van der Waals surface area contributed by atoms with Crippen LogP contribution in [-0.2, 0) is 6.18 Å². The molecule has 0 saturated carbocycles. The molecule has 0 aliphatic rings. The van der Waals surface area contributed by atoms with E-state index in [4.69, 9.17) is 0 Å². The summed E-state index contributed by atoms with van der Waals surface area (Å²) < 4.78 is 36.1. The summed E-state index contributed by atoms with van der Waals surface area (Å²) in [5.41, 5.74) is 0.360. The lowest BCUT2D eigenvalue weighted by Crippen LogP contribution is -2.08. The fourth-order valence-electron chi connectivity index (χ4n) is 0.789. The van der Waals surface area contributed by atoms with E-state index in [9.17, 15) is 13.2 Å². The maximum Gasteiger partial charge on any atom is 0.433 e. The highest BCUT2D eigenvalue weighted by molar-refractivity contribution is 5.21. The Balaban J connectivity index is 0.00000144. The molecule has 1 rings (SSSR count). The number of hydrogen-bond acceptors (Lipinski definition) is 2. The van der Waals surface area contributed by atoms with E-state index >= 15 is 0 Å². The van der Waals surface area contributed by atoms with Gasteiger partial charge in [0, 0.05) is 5.69 Å². The lowest BCUT2D eigenvalue weighted by atomic mass is 10.2. The van der Waals surface area contributed by atoms with Gasteiger partial charge in [0.1, 0.15) is 5.69 Å². The third-order valence-electron chi connectivity index (χ3n) is 1.64. The largest absolute Gasteiger partial charge is 0.433 e. The molecule has 2 nitrogen and oxygen atoms in total. The molecule has 0 amide bonds. The first-order chi connectivity index (χ1) is 5.41. The predicted molar refractivity (Wildman–Crippen MR) is 43.7 cm³/mol. The standard InChI is InChI=1S/C8H8F3N.H3N/c1-5-3-4-7(8(9,10)11)12-6(5)2;/h3-4H,1-2H3;1H3. The van der Waals surface area contributed by atoms with Crippen molar-refractivity contribution in [1.29, 1.82) is 0 Å². The highest BCUT2D eigenvalue weighted by Gasteiger charge is 2.32. The SMILES string of the molecule is Cc1ccc(C(F)(F)F)nc1C.N. The number of rotatable bonds is 0. The third kappa shape index (κ3) is 2.69. The summed E-state index contributed by atoms with van der Waals surface area (Å²) in [6.07, 6.45) is -4.33. The molecule has 5 heteroatoms. The zero-order valence-corrected chi connectivity index (χ0v) is 7.44. The van der Waals surface area contributed by atoms with Crippen molar-refractivity contribution < 1.29 is 13.2 Å². The highest BCUT2D eigenvalue weighted by atomic mass is 19.4. The van der Waals surface area contributed by atoms with E-state index in [1.54, 1.807) is 13.8 Å². The Kier molecular flexibility index (Phi) is 3.42. The monoisotopic (exact) mass is 192 g/mol. The van der Waals surface area contributed by atoms with Crippen LogP contribution in [0.3, 0.4) is 0 Å². The lowest BCUT2D eigenvalue weighted by molar-refractivity contribution is -0.141. The molecule has 1 aromatic heterocycles. The maximum atomic E-state index is 12.0. The Morgan fingerprint density at radius 2 is 1.69 bits per heavy atom. The number of nitrogens with zero attached hydrogens (tertiary/aromatic N) is 1. The van der Waals surface area contributed by atoms with Gasteiger partial charge in [0.25, 0.3) is 0 Å². The van der Waals surface area contributed by atoms with Crippen molar-refractivity contribution in [2.75, 3.05) is 0 Å². The van der Waals surface area contributed by atoms with Gasteiger partial charge in [-0.05, 0) is 25.5 Å². The molecule has 0 fully saturated rings. The van der Waals surface area contributed by atoms with Gasteiger partial charge < -0.3 is 6.15 Å². The van der Waals surface area contributed by atoms with E-state index in [2.05, 4.69) is 4.98 Å². The van der Waals surface area contributed by atoms with Gasteiger partial charge in [-0.25, -0.2) is 4.98 Å². The van der Waals surface area contributed by atoms with E-state index in [1.165, 1.54) is 6.07 Å². The Bertz CT molecular complexity index is 294. The van der Waals surface area contributed by atoms with Gasteiger partial charge in [-0.2, -0.15) is 13.2 Å². The van der Waals surface area contributed by atoms with Crippen molar-refractivity contribution in [3.05, 3.63) is 29.1 Å².